The third-order valence-electron chi connectivity index (χ3n) is 2.69. The van der Waals surface area contributed by atoms with Crippen molar-refractivity contribution in [1.29, 1.82) is 0 Å². The van der Waals surface area contributed by atoms with Gasteiger partial charge in [-0.25, -0.2) is 0 Å². The fourth-order valence-corrected chi connectivity index (χ4v) is 1.36. The maximum atomic E-state index is 11.8. The lowest BCUT2D eigenvalue weighted by atomic mass is 9.91. The molecule has 1 aromatic carbocycles. The van der Waals surface area contributed by atoms with Crippen LogP contribution < -0.4 is 10.1 Å². The zero-order valence-corrected chi connectivity index (χ0v) is 11.6. The summed E-state index contributed by atoms with van der Waals surface area (Å²) in [5.41, 5.74) is -0.213. The molecule has 104 valence electrons. The first kappa shape index (κ1) is 15.0. The molecule has 5 heteroatoms. The van der Waals surface area contributed by atoms with E-state index < -0.39 is 11.3 Å². The normalized spacial score (nSPS) is 10.9. The topological polar surface area (TPSA) is 75.6 Å². The van der Waals surface area contributed by atoms with E-state index in [1.165, 1.54) is 25.3 Å². The average Bonchev–Trinajstić information content (AvgIpc) is 2.34. The number of phenolic OH excluding ortho intramolecular Hbond substituents is 1. The fraction of sp³-hybridized carbons (Fsp3) is 0.429. The Bertz CT molecular complexity index is 489. The molecular formula is C14H19NO4. The van der Waals surface area contributed by atoms with Crippen LogP contribution in [0.2, 0.25) is 0 Å². The smallest absolute Gasteiger partial charge is 0.251 e. The van der Waals surface area contributed by atoms with Gasteiger partial charge in [-0.1, -0.05) is 20.8 Å². The molecule has 0 saturated carbocycles. The van der Waals surface area contributed by atoms with E-state index >= 15 is 0 Å². The summed E-state index contributed by atoms with van der Waals surface area (Å²) in [6.45, 7) is 5.34. The van der Waals surface area contributed by atoms with Crippen molar-refractivity contribution in [3.05, 3.63) is 23.8 Å². The third kappa shape index (κ3) is 3.98. The molecule has 0 fully saturated rings. The predicted molar refractivity (Wildman–Crippen MR) is 71.5 cm³/mol. The Morgan fingerprint density at radius 3 is 2.42 bits per heavy atom. The number of ether oxygens (including phenoxy) is 1. The van der Waals surface area contributed by atoms with Crippen LogP contribution in [0.3, 0.4) is 0 Å². The van der Waals surface area contributed by atoms with Crippen LogP contribution in [0.1, 0.15) is 31.1 Å². The molecule has 0 aliphatic heterocycles. The quantitative estimate of drug-likeness (QED) is 0.869. The lowest BCUT2D eigenvalue weighted by Gasteiger charge is -2.16. The summed E-state index contributed by atoms with van der Waals surface area (Å²) in [7, 11) is 1.43. The molecule has 0 saturated heterocycles. The molecule has 0 radical (unpaired) electrons. The second-order valence-electron chi connectivity index (χ2n) is 5.24. The van der Waals surface area contributed by atoms with Crippen LogP contribution in [0.5, 0.6) is 11.5 Å². The number of carbonyl (C=O) groups excluding carboxylic acids is 2. The molecule has 1 rings (SSSR count). The highest BCUT2D eigenvalue weighted by Gasteiger charge is 2.21. The van der Waals surface area contributed by atoms with E-state index in [2.05, 4.69) is 5.32 Å². The van der Waals surface area contributed by atoms with E-state index in [1.54, 1.807) is 20.8 Å². The molecular weight excluding hydrogens is 246 g/mol. The second kappa shape index (κ2) is 5.73. The van der Waals surface area contributed by atoms with Gasteiger partial charge < -0.3 is 15.2 Å². The van der Waals surface area contributed by atoms with E-state index in [0.717, 1.165) is 0 Å². The Kier molecular flexibility index (Phi) is 4.53. The van der Waals surface area contributed by atoms with Crippen molar-refractivity contribution in [3.63, 3.8) is 0 Å². The van der Waals surface area contributed by atoms with Crippen LogP contribution in [0.25, 0.3) is 0 Å². The molecule has 0 aliphatic carbocycles. The van der Waals surface area contributed by atoms with Crippen LogP contribution in [0.15, 0.2) is 18.2 Å². The second-order valence-corrected chi connectivity index (χ2v) is 5.24. The zero-order valence-electron chi connectivity index (χ0n) is 11.6. The number of nitrogens with one attached hydrogen (secondary N) is 1. The number of hydrogen-bond acceptors (Lipinski definition) is 4. The van der Waals surface area contributed by atoms with Crippen molar-refractivity contribution in [1.82, 2.24) is 5.32 Å². The molecule has 0 spiro atoms. The minimum absolute atomic E-state index is 0.0326. The summed E-state index contributed by atoms with van der Waals surface area (Å²) in [5.74, 6) is -0.284. The molecule has 0 heterocycles. The van der Waals surface area contributed by atoms with Gasteiger partial charge >= 0.3 is 0 Å². The maximum Gasteiger partial charge on any atom is 0.251 e. The van der Waals surface area contributed by atoms with E-state index in [9.17, 15) is 14.7 Å². The summed E-state index contributed by atoms with van der Waals surface area (Å²) in [4.78, 5) is 23.5. The number of ketones is 1. The highest BCUT2D eigenvalue weighted by molar-refractivity contribution is 5.98. The number of methoxy groups -OCH3 is 1. The summed E-state index contributed by atoms with van der Waals surface area (Å²) in [5, 5.41) is 12.1. The molecule has 0 bridgehead atoms. The summed E-state index contributed by atoms with van der Waals surface area (Å²) >= 11 is 0. The Balaban J connectivity index is 2.69. The van der Waals surface area contributed by atoms with Crippen LogP contribution in [0, 0.1) is 5.41 Å². The number of Topliss-reactive ketones (excluding diaryl/α,β-unsaturated/α-hetero) is 1. The highest BCUT2D eigenvalue weighted by atomic mass is 16.5. The third-order valence-corrected chi connectivity index (χ3v) is 2.69. The lowest BCUT2D eigenvalue weighted by molar-refractivity contribution is -0.125. The van der Waals surface area contributed by atoms with Gasteiger partial charge in [-0.3, -0.25) is 9.59 Å². The number of amides is 1. The van der Waals surface area contributed by atoms with Gasteiger partial charge in [0.15, 0.2) is 17.3 Å². The number of benzene rings is 1. The van der Waals surface area contributed by atoms with E-state index in [-0.39, 0.29) is 23.6 Å². The van der Waals surface area contributed by atoms with Gasteiger partial charge in [-0.05, 0) is 18.2 Å². The average molecular weight is 265 g/mol. The number of aromatic hydroxyl groups is 1. The molecule has 1 aromatic rings. The summed E-state index contributed by atoms with van der Waals surface area (Å²) < 4.78 is 4.89. The Labute approximate surface area is 112 Å². The molecule has 0 aliphatic rings. The van der Waals surface area contributed by atoms with Gasteiger partial charge in [0.2, 0.25) is 0 Å². The van der Waals surface area contributed by atoms with Gasteiger partial charge in [-0.2, -0.15) is 0 Å². The first-order valence-corrected chi connectivity index (χ1v) is 5.94. The van der Waals surface area contributed by atoms with Crippen molar-refractivity contribution in [2.24, 2.45) is 5.41 Å². The summed E-state index contributed by atoms with van der Waals surface area (Å²) in [6, 6.07) is 4.32. The molecule has 0 aromatic heterocycles. The molecule has 2 N–H and O–H groups in total. The van der Waals surface area contributed by atoms with Crippen molar-refractivity contribution in [2.75, 3.05) is 13.7 Å². The van der Waals surface area contributed by atoms with Gasteiger partial charge in [0.05, 0.1) is 13.7 Å². The van der Waals surface area contributed by atoms with E-state index in [1.807, 2.05) is 0 Å². The van der Waals surface area contributed by atoms with Crippen molar-refractivity contribution in [2.45, 2.75) is 20.8 Å². The lowest BCUT2D eigenvalue weighted by Crippen LogP contribution is -2.35. The van der Waals surface area contributed by atoms with E-state index in [4.69, 9.17) is 4.74 Å². The Morgan fingerprint density at radius 1 is 1.32 bits per heavy atom. The molecule has 19 heavy (non-hydrogen) atoms. The van der Waals surface area contributed by atoms with Crippen LogP contribution >= 0.6 is 0 Å². The van der Waals surface area contributed by atoms with Crippen LogP contribution in [0.4, 0.5) is 0 Å². The number of carbonyl (C=O) groups is 2. The fourth-order valence-electron chi connectivity index (χ4n) is 1.36. The largest absolute Gasteiger partial charge is 0.504 e. The van der Waals surface area contributed by atoms with Crippen molar-refractivity contribution < 1.29 is 19.4 Å². The van der Waals surface area contributed by atoms with Gasteiger partial charge in [0.1, 0.15) is 0 Å². The van der Waals surface area contributed by atoms with Crippen LogP contribution in [-0.4, -0.2) is 30.5 Å². The molecule has 1 amide bonds. The maximum absolute atomic E-state index is 11.8. The van der Waals surface area contributed by atoms with Crippen molar-refractivity contribution >= 4 is 11.7 Å². The number of phenols is 1. The SMILES string of the molecule is COc1ccc(C(=O)NCC(=O)C(C)(C)C)cc1O. The molecule has 0 unspecified atom stereocenters. The van der Waals surface area contributed by atoms with Gasteiger partial charge in [0, 0.05) is 11.0 Å². The predicted octanol–water partition coefficient (Wildman–Crippen LogP) is 1.75. The van der Waals surface area contributed by atoms with Crippen molar-refractivity contribution in [3.8, 4) is 11.5 Å². The van der Waals surface area contributed by atoms with Gasteiger partial charge in [-0.15, -0.1) is 0 Å². The summed E-state index contributed by atoms with van der Waals surface area (Å²) in [6.07, 6.45) is 0. The number of hydrogen-bond donors (Lipinski definition) is 2. The minimum Gasteiger partial charge on any atom is -0.504 e. The highest BCUT2D eigenvalue weighted by Crippen LogP contribution is 2.26. The van der Waals surface area contributed by atoms with Gasteiger partial charge in [0.25, 0.3) is 5.91 Å². The Morgan fingerprint density at radius 2 is 1.95 bits per heavy atom. The standard InChI is InChI=1S/C14H19NO4/c1-14(2,3)12(17)8-15-13(18)9-5-6-11(19-4)10(16)7-9/h5-7,16H,8H2,1-4H3,(H,15,18). The monoisotopic (exact) mass is 265 g/mol. The molecule has 5 nitrogen and oxygen atoms in total. The first-order valence-electron chi connectivity index (χ1n) is 5.94. The van der Waals surface area contributed by atoms with E-state index in [0.29, 0.717) is 5.75 Å². The minimum atomic E-state index is -0.491. The first-order chi connectivity index (χ1) is 8.75. The Hall–Kier alpha value is -2.04. The zero-order chi connectivity index (χ0) is 14.6. The molecule has 0 atom stereocenters. The van der Waals surface area contributed by atoms with Crippen LogP contribution in [-0.2, 0) is 4.79 Å². The number of rotatable bonds is 4.